The fourth-order valence-electron chi connectivity index (χ4n) is 2.29. The molecular formula is C18H15ClFN3OS. The summed E-state index contributed by atoms with van der Waals surface area (Å²) in [6.07, 6.45) is 0. The Morgan fingerprint density at radius 2 is 2.00 bits per heavy atom. The average molecular weight is 376 g/mol. The maximum absolute atomic E-state index is 13.2. The predicted molar refractivity (Wildman–Crippen MR) is 99.6 cm³/mol. The summed E-state index contributed by atoms with van der Waals surface area (Å²) in [7, 11) is 0. The zero-order chi connectivity index (χ0) is 18.0. The largest absolute Gasteiger partial charge is 0.325 e. The Hall–Kier alpha value is -2.18. The third-order valence-electron chi connectivity index (χ3n) is 3.52. The van der Waals surface area contributed by atoms with E-state index in [1.165, 1.54) is 30.0 Å². The number of benzene rings is 2. The van der Waals surface area contributed by atoms with E-state index in [0.29, 0.717) is 11.5 Å². The molecule has 1 atom stereocenters. The molecule has 4 nitrogen and oxygen atoms in total. The molecule has 2 aromatic carbocycles. The molecule has 0 saturated carbocycles. The minimum atomic E-state index is -0.523. The molecule has 128 valence electrons. The van der Waals surface area contributed by atoms with Gasteiger partial charge in [-0.1, -0.05) is 41.6 Å². The van der Waals surface area contributed by atoms with E-state index in [4.69, 9.17) is 11.6 Å². The van der Waals surface area contributed by atoms with Crippen LogP contribution in [0.5, 0.6) is 0 Å². The maximum Gasteiger partial charge on any atom is 0.237 e. The topological polar surface area (TPSA) is 54.9 Å². The quantitative estimate of drug-likeness (QED) is 0.523. The molecule has 7 heteroatoms. The van der Waals surface area contributed by atoms with Gasteiger partial charge in [0.1, 0.15) is 16.7 Å². The number of carbonyl (C=O) groups excluding carboxylic acids is 1. The number of thioether (sulfide) groups is 1. The van der Waals surface area contributed by atoms with Crippen LogP contribution < -0.4 is 5.32 Å². The molecule has 1 amide bonds. The van der Waals surface area contributed by atoms with E-state index < -0.39 is 11.1 Å². The Morgan fingerprint density at radius 3 is 2.76 bits per heavy atom. The monoisotopic (exact) mass is 375 g/mol. The Morgan fingerprint density at radius 1 is 1.24 bits per heavy atom. The van der Waals surface area contributed by atoms with Gasteiger partial charge in [0.2, 0.25) is 5.91 Å². The van der Waals surface area contributed by atoms with Crippen molar-refractivity contribution in [1.29, 1.82) is 0 Å². The number of para-hydroxylation sites is 1. The summed E-state index contributed by atoms with van der Waals surface area (Å²) in [4.78, 5) is 21.3. The van der Waals surface area contributed by atoms with Gasteiger partial charge >= 0.3 is 0 Å². The van der Waals surface area contributed by atoms with E-state index in [9.17, 15) is 9.18 Å². The first-order chi connectivity index (χ1) is 11.9. The van der Waals surface area contributed by atoms with Crippen molar-refractivity contribution in [2.24, 2.45) is 0 Å². The highest BCUT2D eigenvalue weighted by Crippen LogP contribution is 2.29. The van der Waals surface area contributed by atoms with E-state index in [-0.39, 0.29) is 10.9 Å². The fraction of sp³-hybridized carbons (Fsp3) is 0.167. The summed E-state index contributed by atoms with van der Waals surface area (Å²) >= 11 is 7.09. The van der Waals surface area contributed by atoms with Crippen molar-refractivity contribution >= 4 is 45.9 Å². The van der Waals surface area contributed by atoms with Crippen LogP contribution in [0.2, 0.25) is 5.02 Å². The van der Waals surface area contributed by atoms with Gasteiger partial charge in [0.05, 0.1) is 15.8 Å². The molecule has 0 aliphatic heterocycles. The van der Waals surface area contributed by atoms with Gasteiger partial charge in [0.15, 0.2) is 0 Å². The summed E-state index contributed by atoms with van der Waals surface area (Å²) in [6.45, 7) is 3.61. The Kier molecular flexibility index (Phi) is 5.20. The number of hydrogen-bond donors (Lipinski definition) is 1. The molecule has 0 bridgehead atoms. The van der Waals surface area contributed by atoms with Gasteiger partial charge < -0.3 is 5.32 Å². The summed E-state index contributed by atoms with van der Waals surface area (Å²) in [5, 5.41) is 3.96. The first kappa shape index (κ1) is 17.6. The van der Waals surface area contributed by atoms with Gasteiger partial charge in [-0.25, -0.2) is 14.4 Å². The third-order valence-corrected chi connectivity index (χ3v) is 4.92. The second kappa shape index (κ2) is 7.37. The summed E-state index contributed by atoms with van der Waals surface area (Å²) in [5.41, 5.74) is 1.29. The molecule has 3 rings (SSSR count). The lowest BCUT2D eigenvalue weighted by molar-refractivity contribution is -0.115. The number of anilines is 1. The highest BCUT2D eigenvalue weighted by molar-refractivity contribution is 8.00. The molecular weight excluding hydrogens is 361 g/mol. The molecule has 1 N–H and O–H groups in total. The minimum Gasteiger partial charge on any atom is -0.325 e. The number of nitrogens with zero attached hydrogens (tertiary/aromatic N) is 2. The lowest BCUT2D eigenvalue weighted by atomic mass is 10.2. The van der Waals surface area contributed by atoms with Gasteiger partial charge in [-0.05, 0) is 38.1 Å². The lowest BCUT2D eigenvalue weighted by Gasteiger charge is -2.13. The van der Waals surface area contributed by atoms with E-state index >= 15 is 0 Å². The van der Waals surface area contributed by atoms with Crippen LogP contribution >= 0.6 is 23.4 Å². The van der Waals surface area contributed by atoms with Crippen LogP contribution in [0.15, 0.2) is 47.5 Å². The zero-order valence-corrected chi connectivity index (χ0v) is 15.2. The molecule has 25 heavy (non-hydrogen) atoms. The van der Waals surface area contributed by atoms with E-state index in [1.54, 1.807) is 6.92 Å². The van der Waals surface area contributed by atoms with E-state index in [2.05, 4.69) is 15.3 Å². The summed E-state index contributed by atoms with van der Waals surface area (Å²) < 4.78 is 13.2. The number of hydrogen-bond acceptors (Lipinski definition) is 4. The molecule has 3 aromatic rings. The van der Waals surface area contributed by atoms with Crippen LogP contribution in [0.4, 0.5) is 10.1 Å². The Labute approximate surface area is 153 Å². The fourth-order valence-corrected chi connectivity index (χ4v) is 3.45. The highest BCUT2D eigenvalue weighted by Gasteiger charge is 2.18. The van der Waals surface area contributed by atoms with Crippen molar-refractivity contribution in [3.8, 4) is 0 Å². The van der Waals surface area contributed by atoms with Crippen molar-refractivity contribution in [2.45, 2.75) is 24.1 Å². The first-order valence-electron chi connectivity index (χ1n) is 7.60. The number of nitrogens with one attached hydrogen (secondary N) is 1. The third kappa shape index (κ3) is 4.08. The smallest absolute Gasteiger partial charge is 0.237 e. The number of amides is 1. The van der Waals surface area contributed by atoms with Crippen molar-refractivity contribution in [3.05, 3.63) is 59.1 Å². The molecule has 0 aliphatic carbocycles. The van der Waals surface area contributed by atoms with Crippen LogP contribution in [0.1, 0.15) is 12.7 Å². The molecule has 0 fully saturated rings. The second-order valence-electron chi connectivity index (χ2n) is 5.47. The molecule has 1 aromatic heterocycles. The predicted octanol–water partition coefficient (Wildman–Crippen LogP) is 4.85. The van der Waals surface area contributed by atoms with Crippen molar-refractivity contribution in [1.82, 2.24) is 9.97 Å². The van der Waals surface area contributed by atoms with Gasteiger partial charge in [-0.15, -0.1) is 0 Å². The average Bonchev–Trinajstić information content (AvgIpc) is 2.58. The van der Waals surface area contributed by atoms with E-state index in [1.807, 2.05) is 31.2 Å². The number of rotatable bonds is 4. The van der Waals surface area contributed by atoms with Crippen LogP contribution in [0, 0.1) is 12.7 Å². The highest BCUT2D eigenvalue weighted by atomic mass is 35.5. The molecule has 1 heterocycles. The Balaban J connectivity index is 1.78. The molecule has 0 saturated heterocycles. The number of aromatic nitrogens is 2. The molecule has 0 radical (unpaired) electrons. The van der Waals surface area contributed by atoms with E-state index in [0.717, 1.165) is 15.9 Å². The van der Waals surface area contributed by atoms with Crippen LogP contribution in [0.25, 0.3) is 10.9 Å². The number of aryl methyl sites for hydroxylation is 1. The lowest BCUT2D eigenvalue weighted by Crippen LogP contribution is -2.22. The first-order valence-corrected chi connectivity index (χ1v) is 8.86. The standard InChI is InChI=1S/C18H15ClFN3OS/c1-10(17(24)23-12-7-8-15(20)14(19)9-12)25-18-13-5-3-4-6-16(13)21-11(2)22-18/h3-10H,1-2H3,(H,23,24). The summed E-state index contributed by atoms with van der Waals surface area (Å²) in [6, 6.07) is 11.8. The van der Waals surface area contributed by atoms with Crippen molar-refractivity contribution in [2.75, 3.05) is 5.32 Å². The molecule has 0 aliphatic rings. The van der Waals surface area contributed by atoms with Gasteiger partial charge in [0.25, 0.3) is 0 Å². The van der Waals surface area contributed by atoms with Crippen LogP contribution in [0.3, 0.4) is 0 Å². The number of halogens is 2. The van der Waals surface area contributed by atoms with Gasteiger partial charge in [0, 0.05) is 11.1 Å². The zero-order valence-electron chi connectivity index (χ0n) is 13.6. The molecule has 0 spiro atoms. The number of carbonyl (C=O) groups is 1. The summed E-state index contributed by atoms with van der Waals surface area (Å²) in [5.74, 6) is -0.0860. The Bertz CT molecular complexity index is 951. The van der Waals surface area contributed by atoms with Crippen molar-refractivity contribution in [3.63, 3.8) is 0 Å². The van der Waals surface area contributed by atoms with Crippen LogP contribution in [-0.4, -0.2) is 21.1 Å². The maximum atomic E-state index is 13.2. The second-order valence-corrected chi connectivity index (χ2v) is 7.21. The number of fused-ring (bicyclic) bond motifs is 1. The SMILES string of the molecule is Cc1nc(SC(C)C(=O)Nc2ccc(F)c(Cl)c2)c2ccccc2n1. The van der Waals surface area contributed by atoms with Gasteiger partial charge in [-0.2, -0.15) is 0 Å². The van der Waals surface area contributed by atoms with Crippen LogP contribution in [-0.2, 0) is 4.79 Å². The molecule has 1 unspecified atom stereocenters. The minimum absolute atomic E-state index is 0.0319. The van der Waals surface area contributed by atoms with Gasteiger partial charge in [-0.3, -0.25) is 4.79 Å². The van der Waals surface area contributed by atoms with Crippen molar-refractivity contribution < 1.29 is 9.18 Å². The normalized spacial score (nSPS) is 12.2.